The lowest BCUT2D eigenvalue weighted by Crippen LogP contribution is -2.53. The highest BCUT2D eigenvalue weighted by molar-refractivity contribution is 5.19. The van der Waals surface area contributed by atoms with Crippen LogP contribution < -0.4 is 11.2 Å². The van der Waals surface area contributed by atoms with E-state index in [-0.39, 0.29) is 18.4 Å². The Bertz CT molecular complexity index is 1270. The van der Waals surface area contributed by atoms with E-state index >= 15 is 0 Å². The van der Waals surface area contributed by atoms with Crippen LogP contribution in [0.3, 0.4) is 0 Å². The quantitative estimate of drug-likeness (QED) is 0.516. The molecule has 1 unspecified atom stereocenters. The number of nitrogens with zero attached hydrogens (tertiary/aromatic N) is 1. The van der Waals surface area contributed by atoms with Gasteiger partial charge in [0, 0.05) is 17.7 Å². The maximum Gasteiger partial charge on any atom is 0.330 e. The third-order valence-electron chi connectivity index (χ3n) is 7.24. The number of aromatic amines is 1. The number of rotatable bonds is 8. The Kier molecular flexibility index (Phi) is 6.46. The van der Waals surface area contributed by atoms with Gasteiger partial charge in [-0.3, -0.25) is 14.3 Å². The first-order chi connectivity index (χ1) is 16.9. The van der Waals surface area contributed by atoms with E-state index in [1.165, 1.54) is 10.8 Å². The van der Waals surface area contributed by atoms with Crippen LogP contribution in [0.5, 0.6) is 0 Å². The molecule has 8 nitrogen and oxygen atoms in total. The Morgan fingerprint density at radius 1 is 1.03 bits per heavy atom. The molecule has 1 aromatic heterocycles. The molecule has 2 heterocycles. The van der Waals surface area contributed by atoms with Crippen LogP contribution in [0.4, 0.5) is 0 Å². The fourth-order valence-corrected chi connectivity index (χ4v) is 5.41. The van der Waals surface area contributed by atoms with Crippen molar-refractivity contribution in [2.24, 2.45) is 11.8 Å². The Hall–Kier alpha value is -3.04. The van der Waals surface area contributed by atoms with Crippen molar-refractivity contribution < 1.29 is 19.3 Å². The molecule has 8 heteroatoms. The van der Waals surface area contributed by atoms with Crippen LogP contribution in [0, 0.1) is 18.8 Å². The molecular formula is C27H30N2O6. The van der Waals surface area contributed by atoms with Crippen molar-refractivity contribution in [1.29, 1.82) is 0 Å². The Balaban J connectivity index is 1.47. The summed E-state index contributed by atoms with van der Waals surface area (Å²) >= 11 is 0. The second kappa shape index (κ2) is 9.54. The fraction of sp³-hybridized carbons (Fsp3) is 0.407. The van der Waals surface area contributed by atoms with Crippen LogP contribution in [0.15, 0.2) is 76.4 Å². The molecule has 2 fully saturated rings. The second-order valence-electron chi connectivity index (χ2n) is 9.52. The molecule has 0 radical (unpaired) electrons. The van der Waals surface area contributed by atoms with E-state index in [1.54, 1.807) is 6.92 Å². The largest absolute Gasteiger partial charge is 0.390 e. The smallest absolute Gasteiger partial charge is 0.330 e. The van der Waals surface area contributed by atoms with Crippen molar-refractivity contribution in [2.75, 3.05) is 6.61 Å². The van der Waals surface area contributed by atoms with E-state index < -0.39 is 35.3 Å². The molecule has 2 aromatic carbocycles. The number of hydrogen-bond donors (Lipinski definition) is 2. The summed E-state index contributed by atoms with van der Waals surface area (Å²) in [7, 11) is 0. The van der Waals surface area contributed by atoms with Crippen LogP contribution in [0.2, 0.25) is 0 Å². The lowest BCUT2D eigenvalue weighted by Gasteiger charge is -2.38. The fourth-order valence-electron chi connectivity index (χ4n) is 5.41. The summed E-state index contributed by atoms with van der Waals surface area (Å²) in [6.07, 6.45) is -0.566. The van der Waals surface area contributed by atoms with Crippen LogP contribution >= 0.6 is 0 Å². The van der Waals surface area contributed by atoms with Gasteiger partial charge in [0.15, 0.2) is 0 Å². The molecule has 6 atom stereocenters. The normalized spacial score (nSPS) is 29.5. The molecule has 1 aliphatic heterocycles. The predicted molar refractivity (Wildman–Crippen MR) is 129 cm³/mol. The molecule has 35 heavy (non-hydrogen) atoms. The van der Waals surface area contributed by atoms with E-state index in [0.717, 1.165) is 11.1 Å². The van der Waals surface area contributed by atoms with Crippen molar-refractivity contribution >= 4 is 0 Å². The first-order valence-corrected chi connectivity index (χ1v) is 11.9. The summed E-state index contributed by atoms with van der Waals surface area (Å²) in [5.74, 6) is -0.550. The maximum absolute atomic E-state index is 12.7. The molecule has 3 aromatic rings. The van der Waals surface area contributed by atoms with E-state index in [0.29, 0.717) is 18.8 Å². The lowest BCUT2D eigenvalue weighted by atomic mass is 9.92. The minimum atomic E-state index is -1.16. The van der Waals surface area contributed by atoms with Gasteiger partial charge >= 0.3 is 5.69 Å². The average Bonchev–Trinajstić information content (AvgIpc) is 3.28. The van der Waals surface area contributed by atoms with Gasteiger partial charge in [-0.05, 0) is 24.0 Å². The number of ether oxygens (including phenoxy) is 3. The molecule has 2 N–H and O–H groups in total. The summed E-state index contributed by atoms with van der Waals surface area (Å²) < 4.78 is 20.4. The highest BCUT2D eigenvalue weighted by Crippen LogP contribution is 2.57. The van der Waals surface area contributed by atoms with Gasteiger partial charge in [-0.25, -0.2) is 4.79 Å². The molecule has 1 saturated carbocycles. The molecule has 1 saturated heterocycles. The standard InChI is InChI=1S/C27H30N2O6/c1-17-13-29(26(32)28-24(17)31)25-21-18(2)22(30)27(35-25,16-33-14-19-9-5-3-6-10-19)23(21)34-15-20-11-7-4-8-12-20/h3-13,18,21-23,25,30H,14-16H2,1-2H3,(H,28,31,32)/t18-,21?,22+,23-,25+,27-/m0/s1. The first kappa shape index (κ1) is 23.7. The minimum Gasteiger partial charge on any atom is -0.390 e. The van der Waals surface area contributed by atoms with Gasteiger partial charge in [0.2, 0.25) is 0 Å². The summed E-state index contributed by atoms with van der Waals surface area (Å²) in [5.41, 5.74) is 0.254. The van der Waals surface area contributed by atoms with Gasteiger partial charge in [-0.1, -0.05) is 67.6 Å². The van der Waals surface area contributed by atoms with Crippen molar-refractivity contribution in [3.05, 3.63) is 104 Å². The Morgan fingerprint density at radius 3 is 2.31 bits per heavy atom. The molecule has 0 spiro atoms. The van der Waals surface area contributed by atoms with Crippen molar-refractivity contribution in [3.63, 3.8) is 0 Å². The minimum absolute atomic E-state index is 0.0942. The molecule has 2 aliphatic rings. The summed E-state index contributed by atoms with van der Waals surface area (Å²) in [6, 6.07) is 19.6. The van der Waals surface area contributed by atoms with Gasteiger partial charge in [0.25, 0.3) is 5.56 Å². The summed E-state index contributed by atoms with van der Waals surface area (Å²) in [6.45, 7) is 4.36. The molecule has 184 valence electrons. The molecule has 2 bridgehead atoms. The van der Waals surface area contributed by atoms with E-state index in [4.69, 9.17) is 14.2 Å². The zero-order valence-corrected chi connectivity index (χ0v) is 19.8. The zero-order valence-electron chi connectivity index (χ0n) is 19.8. The van der Waals surface area contributed by atoms with Crippen LogP contribution in [0.25, 0.3) is 0 Å². The Labute approximate surface area is 203 Å². The molecule has 5 rings (SSSR count). The number of aromatic nitrogens is 2. The average molecular weight is 479 g/mol. The molecule has 0 amide bonds. The number of fused-ring (bicyclic) bond motifs is 2. The van der Waals surface area contributed by atoms with E-state index in [1.807, 2.05) is 67.6 Å². The number of nitrogens with one attached hydrogen (secondary N) is 1. The third-order valence-corrected chi connectivity index (χ3v) is 7.24. The SMILES string of the molecule is Cc1cn([C@@H]2O[C@@]3(COCc4ccccc4)[C@H](O)[C@@H](C)C2[C@@H]3OCc2ccccc2)c(=O)[nH]c1=O. The first-order valence-electron chi connectivity index (χ1n) is 11.9. The van der Waals surface area contributed by atoms with Crippen LogP contribution in [-0.4, -0.2) is 39.1 Å². The number of hydrogen-bond acceptors (Lipinski definition) is 6. The number of aryl methyl sites for hydroxylation is 1. The van der Waals surface area contributed by atoms with Crippen molar-refractivity contribution in [3.8, 4) is 0 Å². The topological polar surface area (TPSA) is 103 Å². The number of H-pyrrole nitrogens is 1. The van der Waals surface area contributed by atoms with E-state index in [9.17, 15) is 14.7 Å². The van der Waals surface area contributed by atoms with Gasteiger partial charge in [0.05, 0.1) is 32.0 Å². The van der Waals surface area contributed by atoms with Gasteiger partial charge in [-0.2, -0.15) is 0 Å². The number of aliphatic hydroxyl groups is 1. The van der Waals surface area contributed by atoms with E-state index in [2.05, 4.69) is 4.98 Å². The maximum atomic E-state index is 12.7. The van der Waals surface area contributed by atoms with Crippen molar-refractivity contribution in [2.45, 2.75) is 51.1 Å². The molecular weight excluding hydrogens is 448 g/mol. The van der Waals surface area contributed by atoms with Gasteiger partial charge < -0.3 is 19.3 Å². The predicted octanol–water partition coefficient (Wildman–Crippen LogP) is 2.54. The number of aliphatic hydroxyl groups excluding tert-OH is 1. The van der Waals surface area contributed by atoms with Gasteiger partial charge in [-0.15, -0.1) is 0 Å². The van der Waals surface area contributed by atoms with Crippen LogP contribution in [0.1, 0.15) is 29.8 Å². The highest BCUT2D eigenvalue weighted by atomic mass is 16.6. The monoisotopic (exact) mass is 478 g/mol. The van der Waals surface area contributed by atoms with Crippen LogP contribution in [-0.2, 0) is 27.4 Å². The second-order valence-corrected chi connectivity index (χ2v) is 9.52. The highest BCUT2D eigenvalue weighted by Gasteiger charge is 2.69. The molecule has 1 aliphatic carbocycles. The zero-order chi connectivity index (χ0) is 24.6. The summed E-state index contributed by atoms with van der Waals surface area (Å²) in [5, 5.41) is 11.3. The number of benzene rings is 2. The third kappa shape index (κ3) is 4.27. The van der Waals surface area contributed by atoms with Gasteiger partial charge in [0.1, 0.15) is 11.8 Å². The summed E-state index contributed by atoms with van der Waals surface area (Å²) in [4.78, 5) is 27.0. The van der Waals surface area contributed by atoms with Crippen molar-refractivity contribution in [1.82, 2.24) is 9.55 Å². The lowest BCUT2D eigenvalue weighted by molar-refractivity contribution is -0.217. The Morgan fingerprint density at radius 2 is 1.66 bits per heavy atom.